The lowest BCUT2D eigenvalue weighted by molar-refractivity contribution is 0.712. The highest BCUT2D eigenvalue weighted by Crippen LogP contribution is 2.34. The number of aromatic nitrogens is 2. The first-order valence-corrected chi connectivity index (χ1v) is 7.39. The van der Waals surface area contributed by atoms with E-state index in [4.69, 9.17) is 17.3 Å². The first kappa shape index (κ1) is 15.6. The topological polar surface area (TPSA) is 55.0 Å². The van der Waals surface area contributed by atoms with Crippen LogP contribution in [-0.2, 0) is 0 Å². The van der Waals surface area contributed by atoms with Gasteiger partial charge >= 0.3 is 0 Å². The molecule has 0 aliphatic heterocycles. The number of nitrogens with two attached hydrogens (primary N) is 1. The molecule has 1 aromatic heterocycles. The predicted octanol–water partition coefficient (Wildman–Crippen LogP) is 4.03. The second-order valence-corrected chi connectivity index (χ2v) is 5.87. The van der Waals surface area contributed by atoms with Gasteiger partial charge in [-0.15, -0.1) is 0 Å². The summed E-state index contributed by atoms with van der Waals surface area (Å²) in [5, 5.41) is 0.755. The van der Waals surface area contributed by atoms with Crippen LogP contribution in [0.15, 0.2) is 30.6 Å². The van der Waals surface area contributed by atoms with E-state index >= 15 is 0 Å². The third-order valence-electron chi connectivity index (χ3n) is 3.74. The Morgan fingerprint density at radius 2 is 1.81 bits per heavy atom. The lowest BCUT2D eigenvalue weighted by Gasteiger charge is -2.29. The molecule has 1 atom stereocenters. The number of hydrogen-bond acceptors (Lipinski definition) is 4. The van der Waals surface area contributed by atoms with E-state index in [-0.39, 0.29) is 12.0 Å². The molecule has 21 heavy (non-hydrogen) atoms. The van der Waals surface area contributed by atoms with Crippen molar-refractivity contribution < 1.29 is 0 Å². The van der Waals surface area contributed by atoms with Crippen LogP contribution >= 0.6 is 11.6 Å². The minimum Gasteiger partial charge on any atom is -0.383 e. The monoisotopic (exact) mass is 304 g/mol. The molecule has 0 saturated heterocycles. The summed E-state index contributed by atoms with van der Waals surface area (Å²) in [5.41, 5.74) is 8.06. The highest BCUT2D eigenvalue weighted by molar-refractivity contribution is 6.31. The molecule has 1 aromatic carbocycles. The maximum Gasteiger partial charge on any atom is 0.137 e. The average molecular weight is 305 g/mol. The number of nitrogens with zero attached hydrogens (tertiary/aromatic N) is 3. The number of benzene rings is 1. The van der Waals surface area contributed by atoms with Crippen molar-refractivity contribution in [2.24, 2.45) is 0 Å². The molecule has 2 rings (SSSR count). The van der Waals surface area contributed by atoms with Crippen LogP contribution in [0.3, 0.4) is 0 Å². The average Bonchev–Trinajstić information content (AvgIpc) is 2.45. The summed E-state index contributed by atoms with van der Waals surface area (Å²) in [6, 6.07) is 7.94. The number of nitrogen functional groups attached to an aromatic ring is 1. The minimum absolute atomic E-state index is 0.0884. The van der Waals surface area contributed by atoms with E-state index < -0.39 is 0 Å². The Morgan fingerprint density at radius 3 is 2.43 bits per heavy atom. The minimum atomic E-state index is 0.0884. The maximum absolute atomic E-state index is 6.30. The lowest BCUT2D eigenvalue weighted by Crippen LogP contribution is -2.25. The molecule has 0 radical (unpaired) electrons. The summed E-state index contributed by atoms with van der Waals surface area (Å²) < 4.78 is 0. The highest BCUT2D eigenvalue weighted by Gasteiger charge is 2.21. The van der Waals surface area contributed by atoms with Gasteiger partial charge in [0.05, 0.1) is 6.04 Å². The lowest BCUT2D eigenvalue weighted by atomic mass is 10.0. The summed E-state index contributed by atoms with van der Waals surface area (Å²) in [4.78, 5) is 10.6. The van der Waals surface area contributed by atoms with Crippen LogP contribution in [0.2, 0.25) is 5.02 Å². The fourth-order valence-electron chi connectivity index (χ4n) is 2.44. The standard InChI is InChI=1S/C16H21ClN4/c1-10(2)14-15(18)19-9-20-16(14)21(4)11(3)12-7-5-6-8-13(12)17/h5-11H,1-4H3,(H2,18,19,20). The van der Waals surface area contributed by atoms with E-state index in [1.807, 2.05) is 31.3 Å². The van der Waals surface area contributed by atoms with E-state index in [0.717, 1.165) is 22.0 Å². The summed E-state index contributed by atoms with van der Waals surface area (Å²) in [5.74, 6) is 1.64. The van der Waals surface area contributed by atoms with Crippen molar-refractivity contribution in [2.45, 2.75) is 32.7 Å². The van der Waals surface area contributed by atoms with Crippen LogP contribution in [0.4, 0.5) is 11.6 Å². The fourth-order valence-corrected chi connectivity index (χ4v) is 2.73. The van der Waals surface area contributed by atoms with Crippen molar-refractivity contribution in [3.63, 3.8) is 0 Å². The molecular weight excluding hydrogens is 284 g/mol. The molecule has 5 heteroatoms. The van der Waals surface area contributed by atoms with Gasteiger partial charge in [0.15, 0.2) is 0 Å². The Morgan fingerprint density at radius 1 is 1.14 bits per heavy atom. The quantitative estimate of drug-likeness (QED) is 0.926. The number of rotatable bonds is 4. The van der Waals surface area contributed by atoms with Crippen molar-refractivity contribution in [3.05, 3.63) is 46.7 Å². The molecule has 0 aliphatic carbocycles. The van der Waals surface area contributed by atoms with Crippen LogP contribution in [0.5, 0.6) is 0 Å². The fraction of sp³-hybridized carbons (Fsp3) is 0.375. The van der Waals surface area contributed by atoms with Crippen LogP contribution < -0.4 is 10.6 Å². The van der Waals surface area contributed by atoms with Crippen LogP contribution in [0.25, 0.3) is 0 Å². The predicted molar refractivity (Wildman–Crippen MR) is 88.8 cm³/mol. The van der Waals surface area contributed by atoms with Gasteiger partial charge in [-0.1, -0.05) is 43.6 Å². The highest BCUT2D eigenvalue weighted by atomic mass is 35.5. The number of hydrogen-bond donors (Lipinski definition) is 1. The second-order valence-electron chi connectivity index (χ2n) is 5.46. The van der Waals surface area contributed by atoms with Gasteiger partial charge in [0.2, 0.25) is 0 Å². The number of anilines is 2. The van der Waals surface area contributed by atoms with Crippen LogP contribution in [0, 0.1) is 0 Å². The van der Waals surface area contributed by atoms with Gasteiger partial charge in [-0.3, -0.25) is 0 Å². The van der Waals surface area contributed by atoms with E-state index in [1.165, 1.54) is 6.33 Å². The largest absolute Gasteiger partial charge is 0.383 e. The molecule has 0 amide bonds. The van der Waals surface area contributed by atoms with Gasteiger partial charge in [0.25, 0.3) is 0 Å². The third-order valence-corrected chi connectivity index (χ3v) is 4.09. The van der Waals surface area contributed by atoms with E-state index in [0.29, 0.717) is 5.82 Å². The molecule has 0 spiro atoms. The van der Waals surface area contributed by atoms with Crippen LogP contribution in [-0.4, -0.2) is 17.0 Å². The van der Waals surface area contributed by atoms with E-state index in [1.54, 1.807) is 0 Å². The van der Waals surface area contributed by atoms with E-state index in [9.17, 15) is 0 Å². The van der Waals surface area contributed by atoms with Gasteiger partial charge in [0, 0.05) is 17.6 Å². The van der Waals surface area contributed by atoms with E-state index in [2.05, 4.69) is 35.6 Å². The van der Waals surface area contributed by atoms with Gasteiger partial charge in [-0.05, 0) is 24.5 Å². The van der Waals surface area contributed by atoms with Gasteiger partial charge in [-0.25, -0.2) is 9.97 Å². The Hall–Kier alpha value is -1.81. The zero-order valence-corrected chi connectivity index (χ0v) is 13.6. The van der Waals surface area contributed by atoms with Gasteiger partial charge in [-0.2, -0.15) is 0 Å². The molecule has 2 N–H and O–H groups in total. The smallest absolute Gasteiger partial charge is 0.137 e. The summed E-state index contributed by atoms with van der Waals surface area (Å²) in [7, 11) is 2.00. The van der Waals surface area contributed by atoms with Crippen molar-refractivity contribution in [3.8, 4) is 0 Å². The molecule has 0 bridgehead atoms. The second kappa shape index (κ2) is 6.31. The van der Waals surface area contributed by atoms with Crippen molar-refractivity contribution in [1.82, 2.24) is 9.97 Å². The first-order valence-electron chi connectivity index (χ1n) is 7.01. The zero-order chi connectivity index (χ0) is 15.6. The molecule has 1 heterocycles. The molecule has 0 aliphatic rings. The Labute approximate surface area is 131 Å². The first-order chi connectivity index (χ1) is 9.93. The van der Waals surface area contributed by atoms with Gasteiger partial charge < -0.3 is 10.6 Å². The Kier molecular flexibility index (Phi) is 4.68. The summed E-state index contributed by atoms with van der Waals surface area (Å²) in [6.45, 7) is 6.28. The summed E-state index contributed by atoms with van der Waals surface area (Å²) >= 11 is 6.30. The molecule has 4 nitrogen and oxygen atoms in total. The van der Waals surface area contributed by atoms with Gasteiger partial charge in [0.1, 0.15) is 18.0 Å². The zero-order valence-electron chi connectivity index (χ0n) is 12.8. The molecule has 0 fully saturated rings. The van der Waals surface area contributed by atoms with Crippen molar-refractivity contribution >= 4 is 23.2 Å². The Balaban J connectivity index is 2.43. The SMILES string of the molecule is CC(C)c1c(N)ncnc1N(C)C(C)c1ccccc1Cl. The normalized spacial score (nSPS) is 12.5. The third kappa shape index (κ3) is 3.10. The molecule has 0 saturated carbocycles. The maximum atomic E-state index is 6.30. The van der Waals surface area contributed by atoms with Crippen molar-refractivity contribution in [1.29, 1.82) is 0 Å². The number of halogens is 1. The Bertz CT molecular complexity index is 627. The molecule has 112 valence electrons. The summed E-state index contributed by atoms with van der Waals surface area (Å²) in [6.07, 6.45) is 1.51. The molecular formula is C16H21ClN4. The van der Waals surface area contributed by atoms with Crippen molar-refractivity contribution in [2.75, 3.05) is 17.7 Å². The molecule has 2 aromatic rings. The van der Waals surface area contributed by atoms with Crippen LogP contribution in [0.1, 0.15) is 43.9 Å². The molecule has 1 unspecified atom stereocenters.